The molecule has 4 nitrogen and oxygen atoms in total. The van der Waals surface area contributed by atoms with Gasteiger partial charge in [-0.3, -0.25) is 0 Å². The third-order valence-electron chi connectivity index (χ3n) is 2.18. The second-order valence-electron chi connectivity index (χ2n) is 4.17. The zero-order valence-corrected chi connectivity index (χ0v) is 9.45. The number of amidine groups is 1. The van der Waals surface area contributed by atoms with E-state index in [1.54, 1.807) is 0 Å². The van der Waals surface area contributed by atoms with E-state index < -0.39 is 0 Å². The van der Waals surface area contributed by atoms with Gasteiger partial charge in [0.05, 0.1) is 0 Å². The summed E-state index contributed by atoms with van der Waals surface area (Å²) in [5.41, 5.74) is 5.34. The normalized spacial score (nSPS) is 14.7. The van der Waals surface area contributed by atoms with Crippen LogP contribution in [-0.2, 0) is 0 Å². The molecule has 0 aliphatic heterocycles. The number of rotatable bonds is 7. The van der Waals surface area contributed by atoms with Gasteiger partial charge in [0.1, 0.15) is 5.84 Å². The molecule has 0 amide bonds. The molecule has 4 N–H and O–H groups in total. The van der Waals surface area contributed by atoms with Crippen molar-refractivity contribution < 1.29 is 5.21 Å². The molecule has 1 unspecified atom stereocenters. The van der Waals surface area contributed by atoms with Gasteiger partial charge in [0.15, 0.2) is 0 Å². The highest BCUT2D eigenvalue weighted by Gasteiger charge is 2.02. The van der Waals surface area contributed by atoms with Gasteiger partial charge in [-0.2, -0.15) is 0 Å². The van der Waals surface area contributed by atoms with Crippen molar-refractivity contribution >= 4 is 5.84 Å². The molecule has 0 aliphatic rings. The summed E-state index contributed by atoms with van der Waals surface area (Å²) in [6.45, 7) is 7.38. The fraction of sp³-hybridized carbons (Fsp3) is 0.900. The Labute approximate surface area is 86.6 Å². The van der Waals surface area contributed by atoms with Gasteiger partial charge in [0.2, 0.25) is 0 Å². The molecule has 0 aromatic heterocycles. The lowest BCUT2D eigenvalue weighted by Crippen LogP contribution is -2.30. The summed E-state index contributed by atoms with van der Waals surface area (Å²) in [4.78, 5) is 0. The van der Waals surface area contributed by atoms with Crippen LogP contribution in [0, 0.1) is 5.92 Å². The van der Waals surface area contributed by atoms with E-state index in [0.717, 1.165) is 12.5 Å². The Hall–Kier alpha value is -0.770. The first-order valence-corrected chi connectivity index (χ1v) is 5.26. The second-order valence-corrected chi connectivity index (χ2v) is 4.17. The van der Waals surface area contributed by atoms with Crippen molar-refractivity contribution in [1.29, 1.82) is 0 Å². The van der Waals surface area contributed by atoms with Crippen LogP contribution in [0.2, 0.25) is 0 Å². The third-order valence-corrected chi connectivity index (χ3v) is 2.18. The van der Waals surface area contributed by atoms with E-state index >= 15 is 0 Å². The molecule has 0 fully saturated rings. The zero-order valence-electron chi connectivity index (χ0n) is 9.45. The van der Waals surface area contributed by atoms with E-state index in [4.69, 9.17) is 10.9 Å². The highest BCUT2D eigenvalue weighted by atomic mass is 16.4. The minimum atomic E-state index is 0.286. The van der Waals surface area contributed by atoms with E-state index in [9.17, 15) is 0 Å². The van der Waals surface area contributed by atoms with Crippen molar-refractivity contribution in [2.75, 3.05) is 6.54 Å². The number of nitrogens with zero attached hydrogens (tertiary/aromatic N) is 1. The maximum Gasteiger partial charge on any atom is 0.140 e. The van der Waals surface area contributed by atoms with Crippen LogP contribution < -0.4 is 11.1 Å². The fourth-order valence-electron chi connectivity index (χ4n) is 1.18. The Morgan fingerprint density at radius 2 is 2.00 bits per heavy atom. The van der Waals surface area contributed by atoms with Crippen LogP contribution in [-0.4, -0.2) is 23.6 Å². The number of hydrogen-bond acceptors (Lipinski definition) is 3. The van der Waals surface area contributed by atoms with Gasteiger partial charge in [-0.15, -0.1) is 0 Å². The smallest absolute Gasteiger partial charge is 0.140 e. The van der Waals surface area contributed by atoms with E-state index in [2.05, 4.69) is 31.2 Å². The lowest BCUT2D eigenvalue weighted by atomic mass is 10.0. The lowest BCUT2D eigenvalue weighted by Gasteiger charge is -2.14. The van der Waals surface area contributed by atoms with E-state index in [1.165, 1.54) is 12.8 Å². The lowest BCUT2D eigenvalue weighted by molar-refractivity contribution is 0.316. The van der Waals surface area contributed by atoms with E-state index in [-0.39, 0.29) is 5.84 Å². The van der Waals surface area contributed by atoms with Gasteiger partial charge in [-0.05, 0) is 25.7 Å². The van der Waals surface area contributed by atoms with Crippen LogP contribution in [0.3, 0.4) is 0 Å². The molecular weight excluding hydrogens is 178 g/mol. The Morgan fingerprint density at radius 1 is 1.36 bits per heavy atom. The molecule has 0 saturated heterocycles. The first-order valence-electron chi connectivity index (χ1n) is 5.26. The molecule has 4 heteroatoms. The Kier molecular flexibility index (Phi) is 7.20. The molecule has 14 heavy (non-hydrogen) atoms. The summed E-state index contributed by atoms with van der Waals surface area (Å²) in [7, 11) is 0. The molecule has 0 aliphatic carbocycles. The van der Waals surface area contributed by atoms with Gasteiger partial charge in [-0.25, -0.2) is 0 Å². The largest absolute Gasteiger partial charge is 0.409 e. The van der Waals surface area contributed by atoms with Gasteiger partial charge in [0.25, 0.3) is 0 Å². The first kappa shape index (κ1) is 13.2. The summed E-state index contributed by atoms with van der Waals surface area (Å²) in [5.74, 6) is 1.04. The minimum Gasteiger partial charge on any atom is -0.409 e. The highest BCUT2D eigenvalue weighted by molar-refractivity contribution is 5.79. The van der Waals surface area contributed by atoms with Crippen molar-refractivity contribution in [2.24, 2.45) is 16.8 Å². The molecule has 0 rings (SSSR count). The summed E-state index contributed by atoms with van der Waals surface area (Å²) < 4.78 is 0. The van der Waals surface area contributed by atoms with Gasteiger partial charge < -0.3 is 16.3 Å². The van der Waals surface area contributed by atoms with Crippen molar-refractivity contribution in [2.45, 2.75) is 46.1 Å². The quantitative estimate of drug-likeness (QED) is 0.253. The number of nitrogens with one attached hydrogen (secondary N) is 1. The SMILES string of the molecule is CC(C)CCC(C)NCCC(N)=NO. The van der Waals surface area contributed by atoms with Crippen LogP contribution in [0.15, 0.2) is 5.16 Å². The molecule has 0 spiro atoms. The maximum atomic E-state index is 8.31. The van der Waals surface area contributed by atoms with E-state index in [1.807, 2.05) is 0 Å². The van der Waals surface area contributed by atoms with Crippen molar-refractivity contribution in [3.05, 3.63) is 0 Å². The van der Waals surface area contributed by atoms with Crippen molar-refractivity contribution in [1.82, 2.24) is 5.32 Å². The molecular formula is C10H23N3O. The first-order chi connectivity index (χ1) is 6.56. The van der Waals surface area contributed by atoms with Crippen molar-refractivity contribution in [3.63, 3.8) is 0 Å². The molecule has 0 aromatic rings. The second kappa shape index (κ2) is 7.62. The topological polar surface area (TPSA) is 70.6 Å². The summed E-state index contributed by atoms with van der Waals surface area (Å²) in [6.07, 6.45) is 3.01. The minimum absolute atomic E-state index is 0.286. The fourth-order valence-corrected chi connectivity index (χ4v) is 1.18. The summed E-state index contributed by atoms with van der Waals surface area (Å²) >= 11 is 0. The van der Waals surface area contributed by atoms with Crippen LogP contribution in [0.25, 0.3) is 0 Å². The monoisotopic (exact) mass is 201 g/mol. The van der Waals surface area contributed by atoms with Gasteiger partial charge in [-0.1, -0.05) is 19.0 Å². The Balaban J connectivity index is 3.40. The third kappa shape index (κ3) is 7.86. The average Bonchev–Trinajstić information content (AvgIpc) is 2.14. The molecule has 0 heterocycles. The van der Waals surface area contributed by atoms with E-state index in [0.29, 0.717) is 12.5 Å². The van der Waals surface area contributed by atoms with Crippen LogP contribution in [0.1, 0.15) is 40.0 Å². The molecule has 0 saturated carbocycles. The average molecular weight is 201 g/mol. The molecule has 0 bridgehead atoms. The van der Waals surface area contributed by atoms with Crippen LogP contribution in [0.5, 0.6) is 0 Å². The number of hydrogen-bond donors (Lipinski definition) is 3. The molecule has 0 radical (unpaired) electrons. The highest BCUT2D eigenvalue weighted by Crippen LogP contribution is 2.05. The number of nitrogens with two attached hydrogens (primary N) is 1. The zero-order chi connectivity index (χ0) is 11.0. The van der Waals surface area contributed by atoms with Gasteiger partial charge >= 0.3 is 0 Å². The summed E-state index contributed by atoms with van der Waals surface area (Å²) in [6, 6.07) is 0.504. The standard InChI is InChI=1S/C10H23N3O/c1-8(2)4-5-9(3)12-7-6-10(11)13-14/h8-9,12,14H,4-7H2,1-3H3,(H2,11,13). The predicted molar refractivity (Wildman–Crippen MR) is 59.6 cm³/mol. The van der Waals surface area contributed by atoms with Crippen LogP contribution in [0.4, 0.5) is 0 Å². The Morgan fingerprint density at radius 3 is 2.50 bits per heavy atom. The molecule has 84 valence electrons. The number of oxime groups is 1. The summed E-state index contributed by atoms with van der Waals surface area (Å²) in [5, 5.41) is 14.6. The van der Waals surface area contributed by atoms with Crippen LogP contribution >= 0.6 is 0 Å². The molecule has 0 aromatic carbocycles. The maximum absolute atomic E-state index is 8.31. The predicted octanol–water partition coefficient (Wildman–Crippen LogP) is 1.54. The molecule has 1 atom stereocenters. The van der Waals surface area contributed by atoms with Crippen molar-refractivity contribution in [3.8, 4) is 0 Å². The van der Waals surface area contributed by atoms with Gasteiger partial charge in [0, 0.05) is 19.0 Å². The Bertz CT molecular complexity index is 169.